The van der Waals surface area contributed by atoms with Gasteiger partial charge in [-0.2, -0.15) is 0 Å². The average Bonchev–Trinajstić information content (AvgIpc) is 2.67. The van der Waals surface area contributed by atoms with Gasteiger partial charge >= 0.3 is 5.97 Å². The number of aliphatic carboxylic acids is 1. The molecule has 1 amide bonds. The SMILES string of the molecule is NCc1ccc(-c2cccc(C3CCC(C(=O)O)CC3)c2C(N)=O)cc1. The zero-order valence-corrected chi connectivity index (χ0v) is 14.7. The zero-order valence-electron chi connectivity index (χ0n) is 14.7. The fraction of sp³-hybridized carbons (Fsp3) is 0.333. The quantitative estimate of drug-likeness (QED) is 0.767. The van der Waals surface area contributed by atoms with Crippen LogP contribution >= 0.6 is 0 Å². The fourth-order valence-corrected chi connectivity index (χ4v) is 3.90. The Morgan fingerprint density at radius 1 is 1.00 bits per heavy atom. The lowest BCUT2D eigenvalue weighted by Gasteiger charge is -2.28. The molecule has 5 heteroatoms. The second kappa shape index (κ2) is 7.70. The van der Waals surface area contributed by atoms with E-state index < -0.39 is 11.9 Å². The van der Waals surface area contributed by atoms with Gasteiger partial charge in [-0.05, 0) is 53.9 Å². The molecule has 5 nitrogen and oxygen atoms in total. The monoisotopic (exact) mass is 352 g/mol. The summed E-state index contributed by atoms with van der Waals surface area (Å²) in [5.74, 6) is -1.29. The van der Waals surface area contributed by atoms with Crippen LogP contribution in [-0.2, 0) is 11.3 Å². The number of carbonyl (C=O) groups is 2. The van der Waals surface area contributed by atoms with Gasteiger partial charge in [-0.1, -0.05) is 42.5 Å². The lowest BCUT2D eigenvalue weighted by Crippen LogP contribution is -2.23. The molecule has 1 aliphatic rings. The fourth-order valence-electron chi connectivity index (χ4n) is 3.90. The van der Waals surface area contributed by atoms with Crippen LogP contribution in [0, 0.1) is 5.92 Å². The van der Waals surface area contributed by atoms with Crippen LogP contribution in [0.1, 0.15) is 53.1 Å². The van der Waals surface area contributed by atoms with Crippen LogP contribution < -0.4 is 11.5 Å². The molecule has 0 aliphatic heterocycles. The molecule has 0 saturated heterocycles. The number of amides is 1. The molecule has 0 unspecified atom stereocenters. The maximum absolute atomic E-state index is 12.3. The Hall–Kier alpha value is -2.66. The molecular weight excluding hydrogens is 328 g/mol. The predicted octanol–water partition coefficient (Wildman–Crippen LogP) is 3.27. The number of carboxylic acids is 1. The summed E-state index contributed by atoms with van der Waals surface area (Å²) in [6.07, 6.45) is 2.78. The summed E-state index contributed by atoms with van der Waals surface area (Å²) in [5.41, 5.74) is 15.6. The van der Waals surface area contributed by atoms with Crippen LogP contribution in [-0.4, -0.2) is 17.0 Å². The highest BCUT2D eigenvalue weighted by Crippen LogP contribution is 2.39. The van der Waals surface area contributed by atoms with Crippen LogP contribution in [0.25, 0.3) is 11.1 Å². The van der Waals surface area contributed by atoms with Crippen LogP contribution in [0.15, 0.2) is 42.5 Å². The van der Waals surface area contributed by atoms with Crippen molar-refractivity contribution in [1.29, 1.82) is 0 Å². The molecule has 2 aromatic rings. The van der Waals surface area contributed by atoms with Gasteiger partial charge in [0.2, 0.25) is 5.91 Å². The van der Waals surface area contributed by atoms with E-state index >= 15 is 0 Å². The second-order valence-corrected chi connectivity index (χ2v) is 6.92. The van der Waals surface area contributed by atoms with Crippen LogP contribution in [0.2, 0.25) is 0 Å². The number of carbonyl (C=O) groups excluding carboxylic acids is 1. The van der Waals surface area contributed by atoms with E-state index in [0.29, 0.717) is 24.9 Å². The molecule has 0 aromatic heterocycles. The van der Waals surface area contributed by atoms with Gasteiger partial charge < -0.3 is 16.6 Å². The minimum Gasteiger partial charge on any atom is -0.481 e. The van der Waals surface area contributed by atoms with E-state index in [-0.39, 0.29) is 11.8 Å². The smallest absolute Gasteiger partial charge is 0.306 e. The van der Waals surface area contributed by atoms with Crippen molar-refractivity contribution < 1.29 is 14.7 Å². The number of rotatable bonds is 5. The van der Waals surface area contributed by atoms with Crippen molar-refractivity contribution in [1.82, 2.24) is 0 Å². The molecule has 1 saturated carbocycles. The number of nitrogens with two attached hydrogens (primary N) is 2. The van der Waals surface area contributed by atoms with E-state index in [2.05, 4.69) is 0 Å². The number of primary amides is 1. The van der Waals surface area contributed by atoms with Crippen LogP contribution in [0.3, 0.4) is 0 Å². The molecule has 2 aromatic carbocycles. The Kier molecular flexibility index (Phi) is 5.38. The molecule has 0 radical (unpaired) electrons. The molecule has 1 fully saturated rings. The first-order valence-electron chi connectivity index (χ1n) is 8.96. The third kappa shape index (κ3) is 3.63. The number of carboxylic acid groups (broad SMARTS) is 1. The molecule has 26 heavy (non-hydrogen) atoms. The van der Waals surface area contributed by atoms with Crippen molar-refractivity contribution in [2.45, 2.75) is 38.1 Å². The second-order valence-electron chi connectivity index (χ2n) is 6.92. The average molecular weight is 352 g/mol. The summed E-state index contributed by atoms with van der Waals surface area (Å²) in [6.45, 7) is 0.468. The van der Waals surface area contributed by atoms with Gasteiger partial charge in [-0.25, -0.2) is 0 Å². The van der Waals surface area contributed by atoms with Gasteiger partial charge in [0.1, 0.15) is 0 Å². The Bertz CT molecular complexity index is 807. The Morgan fingerprint density at radius 3 is 2.19 bits per heavy atom. The molecule has 5 N–H and O–H groups in total. The zero-order chi connectivity index (χ0) is 18.7. The highest BCUT2D eigenvalue weighted by Gasteiger charge is 2.29. The number of benzene rings is 2. The van der Waals surface area contributed by atoms with Crippen LogP contribution in [0.5, 0.6) is 0 Å². The summed E-state index contributed by atoms with van der Waals surface area (Å²) in [6, 6.07) is 13.6. The first-order chi connectivity index (χ1) is 12.5. The van der Waals surface area contributed by atoms with Crippen molar-refractivity contribution in [3.05, 3.63) is 59.2 Å². The molecule has 1 aliphatic carbocycles. The first-order valence-corrected chi connectivity index (χ1v) is 8.96. The number of hydrogen-bond donors (Lipinski definition) is 3. The van der Waals surface area contributed by atoms with E-state index in [4.69, 9.17) is 11.5 Å². The summed E-state index contributed by atoms with van der Waals surface area (Å²) in [7, 11) is 0. The largest absolute Gasteiger partial charge is 0.481 e. The van der Waals surface area contributed by atoms with Gasteiger partial charge in [0, 0.05) is 6.54 Å². The van der Waals surface area contributed by atoms with Gasteiger partial charge in [0.25, 0.3) is 0 Å². The highest BCUT2D eigenvalue weighted by molar-refractivity contribution is 6.01. The van der Waals surface area contributed by atoms with E-state index in [1.165, 1.54) is 0 Å². The molecule has 0 atom stereocenters. The molecule has 0 bridgehead atoms. The van der Waals surface area contributed by atoms with E-state index in [0.717, 1.165) is 35.1 Å². The maximum Gasteiger partial charge on any atom is 0.306 e. The van der Waals surface area contributed by atoms with Crippen LogP contribution in [0.4, 0.5) is 0 Å². The summed E-state index contributed by atoms with van der Waals surface area (Å²) in [5, 5.41) is 9.19. The van der Waals surface area contributed by atoms with E-state index in [1.54, 1.807) is 0 Å². The van der Waals surface area contributed by atoms with Gasteiger partial charge in [-0.3, -0.25) is 9.59 Å². The van der Waals surface area contributed by atoms with Crippen molar-refractivity contribution in [3.8, 4) is 11.1 Å². The first kappa shape index (κ1) is 18.1. The highest BCUT2D eigenvalue weighted by atomic mass is 16.4. The van der Waals surface area contributed by atoms with Crippen molar-refractivity contribution in [3.63, 3.8) is 0 Å². The van der Waals surface area contributed by atoms with Crippen molar-refractivity contribution >= 4 is 11.9 Å². The standard InChI is InChI=1S/C21H24N2O3/c22-12-13-4-6-14(7-5-13)17-2-1-3-18(19(17)20(23)24)15-8-10-16(11-9-15)21(25)26/h1-7,15-16H,8-12,22H2,(H2,23,24)(H,25,26). The van der Waals surface area contributed by atoms with Gasteiger partial charge in [-0.15, -0.1) is 0 Å². The normalized spacial score (nSPS) is 19.9. The third-order valence-electron chi connectivity index (χ3n) is 5.36. The summed E-state index contributed by atoms with van der Waals surface area (Å²) in [4.78, 5) is 23.4. The lowest BCUT2D eigenvalue weighted by atomic mass is 9.76. The minimum atomic E-state index is -0.729. The summed E-state index contributed by atoms with van der Waals surface area (Å²) < 4.78 is 0. The minimum absolute atomic E-state index is 0.163. The topological polar surface area (TPSA) is 106 Å². The van der Waals surface area contributed by atoms with E-state index in [1.807, 2.05) is 42.5 Å². The Balaban J connectivity index is 1.96. The number of hydrogen-bond acceptors (Lipinski definition) is 3. The Labute approximate surface area is 153 Å². The molecule has 136 valence electrons. The third-order valence-corrected chi connectivity index (χ3v) is 5.36. The molecule has 0 heterocycles. The lowest BCUT2D eigenvalue weighted by molar-refractivity contribution is -0.142. The molecule has 3 rings (SSSR count). The Morgan fingerprint density at radius 2 is 1.65 bits per heavy atom. The van der Waals surface area contributed by atoms with E-state index in [9.17, 15) is 14.7 Å². The van der Waals surface area contributed by atoms with Gasteiger partial charge in [0.15, 0.2) is 0 Å². The van der Waals surface area contributed by atoms with Gasteiger partial charge in [0.05, 0.1) is 11.5 Å². The predicted molar refractivity (Wildman–Crippen MR) is 101 cm³/mol. The van der Waals surface area contributed by atoms with Crippen molar-refractivity contribution in [2.24, 2.45) is 17.4 Å². The summed E-state index contributed by atoms with van der Waals surface area (Å²) >= 11 is 0. The maximum atomic E-state index is 12.3. The molecule has 0 spiro atoms. The molecular formula is C21H24N2O3. The van der Waals surface area contributed by atoms with Crippen molar-refractivity contribution in [2.75, 3.05) is 0 Å².